The van der Waals surface area contributed by atoms with E-state index in [1.54, 1.807) is 56.3 Å². The first-order valence-electron chi connectivity index (χ1n) is 8.27. The normalized spacial score (nSPS) is 11.3. The van der Waals surface area contributed by atoms with Crippen LogP contribution in [0.4, 0.5) is 16.2 Å². The van der Waals surface area contributed by atoms with Crippen LogP contribution < -0.4 is 20.1 Å². The van der Waals surface area contributed by atoms with Crippen molar-refractivity contribution in [3.8, 4) is 11.5 Å². The van der Waals surface area contributed by atoms with Crippen LogP contribution in [-0.4, -0.2) is 31.8 Å². The maximum absolute atomic E-state index is 12.4. The molecule has 0 spiro atoms. The number of carbonyl (C=O) groups is 2. The van der Waals surface area contributed by atoms with Crippen LogP contribution in [-0.2, 0) is 9.53 Å². The van der Waals surface area contributed by atoms with Gasteiger partial charge in [0.05, 0.1) is 19.4 Å². The zero-order valence-electron chi connectivity index (χ0n) is 15.2. The van der Waals surface area contributed by atoms with Crippen molar-refractivity contribution in [2.45, 2.75) is 20.0 Å². The van der Waals surface area contributed by atoms with E-state index >= 15 is 0 Å². The quantitative estimate of drug-likeness (QED) is 0.732. The summed E-state index contributed by atoms with van der Waals surface area (Å²) in [5, 5.41) is 5.77. The number of methoxy groups -OCH3 is 1. The van der Waals surface area contributed by atoms with Gasteiger partial charge < -0.3 is 19.5 Å². The number of benzene rings is 2. The van der Waals surface area contributed by atoms with Crippen LogP contribution >= 0.6 is 11.6 Å². The number of hydrogen-bond donors (Lipinski definition) is 2. The number of rotatable bonds is 7. The fraction of sp³-hybridized carbons (Fsp3) is 0.263. The van der Waals surface area contributed by atoms with Gasteiger partial charge in [0.25, 0.3) is 5.91 Å². The summed E-state index contributed by atoms with van der Waals surface area (Å²) in [6, 6.07) is 11.6. The van der Waals surface area contributed by atoms with Gasteiger partial charge in [-0.3, -0.25) is 10.1 Å². The third kappa shape index (κ3) is 6.07. The first-order chi connectivity index (χ1) is 12.9. The molecule has 0 bridgehead atoms. The highest BCUT2D eigenvalue weighted by atomic mass is 35.5. The summed E-state index contributed by atoms with van der Waals surface area (Å²) in [6.07, 6.45) is -1.36. The minimum atomic E-state index is -0.800. The van der Waals surface area contributed by atoms with Gasteiger partial charge in [-0.05, 0) is 44.2 Å². The Balaban J connectivity index is 2.02. The topological polar surface area (TPSA) is 85.9 Å². The maximum atomic E-state index is 12.4. The number of ether oxygens (including phenoxy) is 3. The van der Waals surface area contributed by atoms with Crippen LogP contribution in [0, 0.1) is 0 Å². The molecule has 8 heteroatoms. The van der Waals surface area contributed by atoms with Crippen LogP contribution in [0.15, 0.2) is 42.5 Å². The Labute approximate surface area is 162 Å². The smallest absolute Gasteiger partial charge is 0.411 e. The van der Waals surface area contributed by atoms with Gasteiger partial charge in [0.15, 0.2) is 6.10 Å². The molecule has 1 unspecified atom stereocenters. The summed E-state index contributed by atoms with van der Waals surface area (Å²) < 4.78 is 15.7. The monoisotopic (exact) mass is 392 g/mol. The molecule has 0 radical (unpaired) electrons. The minimum Gasteiger partial charge on any atom is -0.495 e. The SMILES string of the molecule is CCOC(=O)Nc1cccc(OC(C)C(=O)Nc2cc(Cl)ccc2OC)c1. The second-order valence-corrected chi connectivity index (χ2v) is 5.90. The highest BCUT2D eigenvalue weighted by Crippen LogP contribution is 2.28. The molecule has 2 aromatic rings. The van der Waals surface area contributed by atoms with Crippen molar-refractivity contribution in [1.29, 1.82) is 0 Å². The van der Waals surface area contributed by atoms with Gasteiger partial charge in [0.2, 0.25) is 0 Å². The summed E-state index contributed by atoms with van der Waals surface area (Å²) in [4.78, 5) is 23.9. The van der Waals surface area contributed by atoms with Gasteiger partial charge in [-0.2, -0.15) is 0 Å². The summed E-state index contributed by atoms with van der Waals surface area (Å²) in [6.45, 7) is 3.60. The van der Waals surface area contributed by atoms with E-state index in [-0.39, 0.29) is 12.5 Å². The number of anilines is 2. The van der Waals surface area contributed by atoms with Crippen LogP contribution in [0.5, 0.6) is 11.5 Å². The van der Waals surface area contributed by atoms with Crippen LogP contribution in [0.1, 0.15) is 13.8 Å². The molecule has 0 fully saturated rings. The van der Waals surface area contributed by atoms with E-state index in [1.807, 2.05) is 0 Å². The lowest BCUT2D eigenvalue weighted by Gasteiger charge is -2.17. The van der Waals surface area contributed by atoms with Crippen LogP contribution in [0.3, 0.4) is 0 Å². The fourth-order valence-electron chi connectivity index (χ4n) is 2.20. The second-order valence-electron chi connectivity index (χ2n) is 5.47. The van der Waals surface area contributed by atoms with Crippen LogP contribution in [0.25, 0.3) is 0 Å². The molecule has 1 atom stereocenters. The molecule has 0 heterocycles. The zero-order chi connectivity index (χ0) is 19.8. The number of amides is 2. The standard InChI is InChI=1S/C19H21ClN2O5/c1-4-26-19(24)21-14-6-5-7-15(11-14)27-12(2)18(23)22-16-10-13(20)8-9-17(16)25-3/h5-12H,4H2,1-3H3,(H,21,24)(H,22,23). The Morgan fingerprint density at radius 2 is 1.93 bits per heavy atom. The summed E-state index contributed by atoms with van der Waals surface area (Å²) >= 11 is 5.97. The Hall–Kier alpha value is -2.93. The molecule has 2 aromatic carbocycles. The maximum Gasteiger partial charge on any atom is 0.411 e. The van der Waals surface area contributed by atoms with E-state index in [2.05, 4.69) is 10.6 Å². The summed E-state index contributed by atoms with van der Waals surface area (Å²) in [5.41, 5.74) is 0.943. The fourth-order valence-corrected chi connectivity index (χ4v) is 2.37. The van der Waals surface area contributed by atoms with E-state index in [9.17, 15) is 9.59 Å². The van der Waals surface area contributed by atoms with Gasteiger partial charge in [-0.25, -0.2) is 4.79 Å². The Morgan fingerprint density at radius 1 is 1.15 bits per heavy atom. The molecular formula is C19H21ClN2O5. The lowest BCUT2D eigenvalue weighted by Crippen LogP contribution is -2.30. The van der Waals surface area contributed by atoms with Crippen molar-refractivity contribution in [2.24, 2.45) is 0 Å². The summed E-state index contributed by atoms with van der Waals surface area (Å²) in [5.74, 6) is 0.532. The predicted molar refractivity (Wildman–Crippen MR) is 104 cm³/mol. The molecule has 2 rings (SSSR count). The second kappa shape index (κ2) is 9.68. The van der Waals surface area contributed by atoms with Gasteiger partial charge in [0, 0.05) is 16.8 Å². The highest BCUT2D eigenvalue weighted by molar-refractivity contribution is 6.31. The number of carbonyl (C=O) groups excluding carboxylic acids is 2. The lowest BCUT2D eigenvalue weighted by molar-refractivity contribution is -0.122. The highest BCUT2D eigenvalue weighted by Gasteiger charge is 2.17. The molecular weight excluding hydrogens is 372 g/mol. The molecule has 0 aliphatic heterocycles. The minimum absolute atomic E-state index is 0.270. The van der Waals surface area contributed by atoms with Crippen LogP contribution in [0.2, 0.25) is 5.02 Å². The third-order valence-corrected chi connectivity index (χ3v) is 3.69. The number of halogens is 1. The van der Waals surface area contributed by atoms with E-state index < -0.39 is 12.2 Å². The molecule has 2 N–H and O–H groups in total. The Kier molecular flexibility index (Phi) is 7.31. The van der Waals surface area contributed by atoms with Crippen molar-refractivity contribution in [2.75, 3.05) is 24.4 Å². The van der Waals surface area contributed by atoms with Crippen molar-refractivity contribution in [1.82, 2.24) is 0 Å². The average Bonchev–Trinajstić information content (AvgIpc) is 2.62. The third-order valence-electron chi connectivity index (χ3n) is 3.46. The molecule has 0 aromatic heterocycles. The summed E-state index contributed by atoms with van der Waals surface area (Å²) in [7, 11) is 1.50. The number of hydrogen-bond acceptors (Lipinski definition) is 5. The van der Waals surface area contributed by atoms with Gasteiger partial charge >= 0.3 is 6.09 Å². The average molecular weight is 393 g/mol. The van der Waals surface area contributed by atoms with Gasteiger partial charge in [0.1, 0.15) is 11.5 Å². The molecule has 144 valence electrons. The molecule has 0 aliphatic carbocycles. The Bertz CT molecular complexity index is 812. The molecule has 0 saturated carbocycles. The van der Waals surface area contributed by atoms with Gasteiger partial charge in [-0.15, -0.1) is 0 Å². The van der Waals surface area contributed by atoms with Crippen molar-refractivity contribution < 1.29 is 23.8 Å². The van der Waals surface area contributed by atoms with Crippen molar-refractivity contribution >= 4 is 35.0 Å². The Morgan fingerprint density at radius 3 is 2.63 bits per heavy atom. The largest absolute Gasteiger partial charge is 0.495 e. The van der Waals surface area contributed by atoms with E-state index in [0.29, 0.717) is 27.9 Å². The predicted octanol–water partition coefficient (Wildman–Crippen LogP) is 4.32. The van der Waals surface area contributed by atoms with E-state index in [0.717, 1.165) is 0 Å². The number of nitrogens with one attached hydrogen (secondary N) is 2. The van der Waals surface area contributed by atoms with Crippen molar-refractivity contribution in [3.63, 3.8) is 0 Å². The van der Waals surface area contributed by atoms with E-state index in [1.165, 1.54) is 7.11 Å². The van der Waals surface area contributed by atoms with E-state index in [4.69, 9.17) is 25.8 Å². The first-order valence-corrected chi connectivity index (χ1v) is 8.65. The lowest BCUT2D eigenvalue weighted by atomic mass is 10.2. The first kappa shape index (κ1) is 20.4. The molecule has 2 amide bonds. The molecule has 0 saturated heterocycles. The molecule has 0 aliphatic rings. The van der Waals surface area contributed by atoms with Gasteiger partial charge in [-0.1, -0.05) is 17.7 Å². The molecule has 7 nitrogen and oxygen atoms in total. The molecule has 27 heavy (non-hydrogen) atoms. The van der Waals surface area contributed by atoms with Crippen molar-refractivity contribution in [3.05, 3.63) is 47.5 Å². The zero-order valence-corrected chi connectivity index (χ0v) is 16.0.